The molecule has 0 aliphatic carbocycles. The summed E-state index contributed by atoms with van der Waals surface area (Å²) in [5.41, 5.74) is 8.92. The smallest absolute Gasteiger partial charge is 0.243 e. The van der Waals surface area contributed by atoms with Gasteiger partial charge in [0.2, 0.25) is 5.91 Å². The Balaban J connectivity index is 2.39. The second-order valence-electron chi connectivity index (χ2n) is 3.13. The van der Waals surface area contributed by atoms with Gasteiger partial charge in [-0.3, -0.25) is 4.79 Å². The van der Waals surface area contributed by atoms with E-state index < -0.39 is 0 Å². The summed E-state index contributed by atoms with van der Waals surface area (Å²) >= 11 is 5.73. The molecule has 1 aromatic rings. The number of amides is 1. The lowest BCUT2D eigenvalue weighted by atomic mass is 10.2. The van der Waals surface area contributed by atoms with Crippen LogP contribution in [0.15, 0.2) is 35.5 Å². The van der Waals surface area contributed by atoms with Crippen molar-refractivity contribution in [3.05, 3.63) is 51.4 Å². The maximum atomic E-state index is 11.3. The maximum Gasteiger partial charge on any atom is 0.243 e. The van der Waals surface area contributed by atoms with Crippen molar-refractivity contribution in [2.24, 2.45) is 5.11 Å². The van der Waals surface area contributed by atoms with Crippen molar-refractivity contribution in [3.63, 3.8) is 0 Å². The number of rotatable bonds is 5. The van der Waals surface area contributed by atoms with Gasteiger partial charge in [-0.25, -0.2) is 0 Å². The highest BCUT2D eigenvalue weighted by Crippen LogP contribution is 2.10. The molecule has 1 aromatic carbocycles. The Hall–Kier alpha value is -1.97. The quantitative estimate of drug-likeness (QED) is 0.282. The van der Waals surface area contributed by atoms with Gasteiger partial charge in [-0.1, -0.05) is 28.8 Å². The molecule has 0 aliphatic heterocycles. The predicted molar refractivity (Wildman–Crippen MR) is 67.5 cm³/mol. The molecule has 1 N–H and O–H groups in total. The van der Waals surface area contributed by atoms with Crippen LogP contribution in [0.3, 0.4) is 0 Å². The van der Waals surface area contributed by atoms with Gasteiger partial charge in [0, 0.05) is 29.1 Å². The number of hydrogen-bond acceptors (Lipinski definition) is 2. The molecule has 0 saturated heterocycles. The summed E-state index contributed by atoms with van der Waals surface area (Å²) in [5, 5.41) is 6.53. The van der Waals surface area contributed by atoms with Crippen LogP contribution in [0.4, 0.5) is 0 Å². The van der Waals surface area contributed by atoms with Crippen LogP contribution in [-0.2, 0) is 4.79 Å². The van der Waals surface area contributed by atoms with Crippen LogP contribution < -0.4 is 5.32 Å². The first-order valence-electron chi connectivity index (χ1n) is 4.94. The van der Waals surface area contributed by atoms with Gasteiger partial charge in [-0.05, 0) is 29.3 Å². The second kappa shape index (κ2) is 7.33. The minimum absolute atomic E-state index is 0.229. The zero-order chi connectivity index (χ0) is 12.5. The van der Waals surface area contributed by atoms with Gasteiger partial charge < -0.3 is 5.32 Å². The van der Waals surface area contributed by atoms with Crippen molar-refractivity contribution in [3.8, 4) is 0 Å². The van der Waals surface area contributed by atoms with Crippen LogP contribution in [-0.4, -0.2) is 19.0 Å². The Morgan fingerprint density at radius 1 is 1.47 bits per heavy atom. The lowest BCUT2D eigenvalue weighted by Crippen LogP contribution is -2.23. The highest BCUT2D eigenvalue weighted by atomic mass is 35.5. The number of carbonyl (C=O) groups is 1. The summed E-state index contributed by atoms with van der Waals surface area (Å²) in [7, 11) is 0. The molecule has 0 fully saturated rings. The van der Waals surface area contributed by atoms with E-state index in [1.165, 1.54) is 6.08 Å². The van der Waals surface area contributed by atoms with Crippen LogP contribution in [0.1, 0.15) is 5.56 Å². The molecule has 88 valence electrons. The van der Waals surface area contributed by atoms with Gasteiger partial charge in [0.25, 0.3) is 0 Å². The monoisotopic (exact) mass is 250 g/mol. The van der Waals surface area contributed by atoms with E-state index in [9.17, 15) is 4.79 Å². The third-order valence-electron chi connectivity index (χ3n) is 1.87. The number of nitrogens with one attached hydrogen (secondary N) is 1. The second-order valence-corrected chi connectivity index (χ2v) is 3.57. The van der Waals surface area contributed by atoms with Gasteiger partial charge in [0.05, 0.1) is 0 Å². The molecule has 0 unspecified atom stereocenters. The summed E-state index contributed by atoms with van der Waals surface area (Å²) in [6, 6.07) is 7.12. The molecule has 0 aromatic heterocycles. The van der Waals surface area contributed by atoms with Crippen molar-refractivity contribution in [1.29, 1.82) is 0 Å². The lowest BCUT2D eigenvalue weighted by molar-refractivity contribution is -0.116. The van der Waals surface area contributed by atoms with E-state index in [2.05, 4.69) is 15.3 Å². The molecule has 1 amide bonds. The molecular formula is C11H11ClN4O. The number of nitrogens with zero attached hydrogens (tertiary/aromatic N) is 3. The largest absolute Gasteiger partial charge is 0.352 e. The van der Waals surface area contributed by atoms with Crippen molar-refractivity contribution in [1.82, 2.24) is 5.32 Å². The highest BCUT2D eigenvalue weighted by molar-refractivity contribution is 6.30. The van der Waals surface area contributed by atoms with Crippen LogP contribution in [0.2, 0.25) is 5.02 Å². The molecule has 0 bridgehead atoms. The maximum absolute atomic E-state index is 11.3. The number of azide groups is 1. The number of halogens is 1. The molecule has 6 heteroatoms. The van der Waals surface area contributed by atoms with Gasteiger partial charge in [0.1, 0.15) is 0 Å². The summed E-state index contributed by atoms with van der Waals surface area (Å²) in [5.74, 6) is -0.229. The molecule has 17 heavy (non-hydrogen) atoms. The summed E-state index contributed by atoms with van der Waals surface area (Å²) in [6.07, 6.45) is 3.10. The zero-order valence-electron chi connectivity index (χ0n) is 9.01. The normalized spacial score (nSPS) is 9.94. The molecule has 5 nitrogen and oxygen atoms in total. The molecule has 1 rings (SSSR count). The minimum atomic E-state index is -0.229. The standard InChI is InChI=1S/C11H11ClN4O/c12-10-4-1-9(2-5-10)3-6-11(17)14-7-8-15-16-13/h1-6H,7-8H2,(H,14,17)/b6-3+. The Morgan fingerprint density at radius 2 is 2.18 bits per heavy atom. The van der Waals surface area contributed by atoms with Crippen LogP contribution >= 0.6 is 11.6 Å². The Kier molecular flexibility index (Phi) is 5.64. The number of hydrogen-bond donors (Lipinski definition) is 1. The first-order valence-corrected chi connectivity index (χ1v) is 5.32. The van der Waals surface area contributed by atoms with E-state index in [0.717, 1.165) is 5.56 Å². The van der Waals surface area contributed by atoms with Crippen LogP contribution in [0.5, 0.6) is 0 Å². The van der Waals surface area contributed by atoms with Crippen molar-refractivity contribution in [2.45, 2.75) is 0 Å². The fraction of sp³-hybridized carbons (Fsp3) is 0.182. The molecule has 0 spiro atoms. The van der Waals surface area contributed by atoms with E-state index in [0.29, 0.717) is 11.6 Å². The molecular weight excluding hydrogens is 240 g/mol. The van der Waals surface area contributed by atoms with Gasteiger partial charge in [-0.2, -0.15) is 0 Å². The zero-order valence-corrected chi connectivity index (χ0v) is 9.76. The average Bonchev–Trinajstić information content (AvgIpc) is 2.34. The van der Waals surface area contributed by atoms with Gasteiger partial charge in [0.15, 0.2) is 0 Å². The van der Waals surface area contributed by atoms with E-state index in [4.69, 9.17) is 17.1 Å². The summed E-state index contributed by atoms with van der Waals surface area (Å²) in [6.45, 7) is 0.574. The molecule has 0 saturated carbocycles. The topological polar surface area (TPSA) is 77.9 Å². The van der Waals surface area contributed by atoms with E-state index in [1.807, 2.05) is 12.1 Å². The molecule has 0 radical (unpaired) electrons. The van der Waals surface area contributed by atoms with Gasteiger partial charge >= 0.3 is 0 Å². The molecule has 0 aliphatic rings. The van der Waals surface area contributed by atoms with E-state index in [1.54, 1.807) is 18.2 Å². The van der Waals surface area contributed by atoms with E-state index >= 15 is 0 Å². The highest BCUT2D eigenvalue weighted by Gasteiger charge is 1.93. The van der Waals surface area contributed by atoms with Crippen molar-refractivity contribution < 1.29 is 4.79 Å². The Labute approximate surface area is 104 Å². The van der Waals surface area contributed by atoms with Gasteiger partial charge in [-0.15, -0.1) is 0 Å². The van der Waals surface area contributed by atoms with Crippen molar-refractivity contribution >= 4 is 23.6 Å². The Bertz CT molecular complexity index is 449. The fourth-order valence-corrected chi connectivity index (χ4v) is 1.20. The van der Waals surface area contributed by atoms with Crippen molar-refractivity contribution in [2.75, 3.05) is 13.1 Å². The first-order chi connectivity index (χ1) is 8.22. The third kappa shape index (κ3) is 5.61. The third-order valence-corrected chi connectivity index (χ3v) is 2.12. The summed E-state index contributed by atoms with van der Waals surface area (Å²) in [4.78, 5) is 13.9. The van der Waals surface area contributed by atoms with Crippen LogP contribution in [0.25, 0.3) is 16.5 Å². The molecule has 0 atom stereocenters. The Morgan fingerprint density at radius 3 is 2.82 bits per heavy atom. The fourth-order valence-electron chi connectivity index (χ4n) is 1.08. The minimum Gasteiger partial charge on any atom is -0.352 e. The first kappa shape index (κ1) is 13.1. The SMILES string of the molecule is [N-]=[N+]=NCCNC(=O)/C=C/c1ccc(Cl)cc1. The average molecular weight is 251 g/mol. The molecule has 0 heterocycles. The predicted octanol–water partition coefficient (Wildman–Crippen LogP) is 2.78. The number of carbonyl (C=O) groups excluding carboxylic acids is 1. The number of benzene rings is 1. The van der Waals surface area contributed by atoms with E-state index in [-0.39, 0.29) is 12.5 Å². The van der Waals surface area contributed by atoms with Crippen LogP contribution in [0, 0.1) is 0 Å². The summed E-state index contributed by atoms with van der Waals surface area (Å²) < 4.78 is 0. The lowest BCUT2D eigenvalue weighted by Gasteiger charge is -1.97.